The minimum absolute atomic E-state index is 0.0929. The Morgan fingerprint density at radius 1 is 1.04 bits per heavy atom. The molecule has 0 spiro atoms. The topological polar surface area (TPSA) is 59.0 Å². The number of hydrazone groups is 1. The zero-order chi connectivity index (χ0) is 18.5. The summed E-state index contributed by atoms with van der Waals surface area (Å²) in [5, 5.41) is 6.42. The van der Waals surface area contributed by atoms with Crippen LogP contribution < -0.4 is 0 Å². The molecule has 1 amide bonds. The van der Waals surface area contributed by atoms with Crippen molar-refractivity contribution in [3.05, 3.63) is 69.7 Å². The molecule has 0 saturated heterocycles. The Hall–Kier alpha value is -2.37. The molecule has 0 unspecified atom stereocenters. The second-order valence-corrected chi connectivity index (χ2v) is 6.53. The standard InChI is InChI=1S/C19H16Cl2N2O3/c20-15-7-4-8-16(21)14(15)11-19(25)26-12-18(24)23-10-9-17(22-23)13-5-2-1-3-6-13/h1-8H,9-12H2. The van der Waals surface area contributed by atoms with Gasteiger partial charge in [-0.1, -0.05) is 59.6 Å². The number of hydrogen-bond acceptors (Lipinski definition) is 4. The van der Waals surface area contributed by atoms with E-state index >= 15 is 0 Å². The molecule has 3 rings (SSSR count). The van der Waals surface area contributed by atoms with E-state index in [2.05, 4.69) is 5.10 Å². The highest BCUT2D eigenvalue weighted by Gasteiger charge is 2.22. The normalized spacial score (nSPS) is 13.5. The molecule has 0 radical (unpaired) electrons. The van der Waals surface area contributed by atoms with Crippen molar-refractivity contribution in [2.75, 3.05) is 13.2 Å². The third-order valence-electron chi connectivity index (χ3n) is 3.94. The first-order valence-electron chi connectivity index (χ1n) is 8.06. The second-order valence-electron chi connectivity index (χ2n) is 5.72. The average molecular weight is 391 g/mol. The van der Waals surface area contributed by atoms with Crippen LogP contribution in [0, 0.1) is 0 Å². The number of ether oxygens (including phenoxy) is 1. The number of nitrogens with zero attached hydrogens (tertiary/aromatic N) is 2. The molecular formula is C19H16Cl2N2O3. The molecule has 0 saturated carbocycles. The predicted octanol–water partition coefficient (Wildman–Crippen LogP) is 3.72. The summed E-state index contributed by atoms with van der Waals surface area (Å²) < 4.78 is 5.05. The number of benzene rings is 2. The van der Waals surface area contributed by atoms with E-state index in [4.69, 9.17) is 27.9 Å². The van der Waals surface area contributed by atoms with E-state index in [1.165, 1.54) is 5.01 Å². The van der Waals surface area contributed by atoms with Crippen molar-refractivity contribution in [1.29, 1.82) is 0 Å². The fourth-order valence-corrected chi connectivity index (χ4v) is 3.11. The van der Waals surface area contributed by atoms with Gasteiger partial charge in [-0.3, -0.25) is 9.59 Å². The van der Waals surface area contributed by atoms with Gasteiger partial charge in [0.1, 0.15) is 0 Å². The van der Waals surface area contributed by atoms with Gasteiger partial charge in [0.25, 0.3) is 5.91 Å². The first-order valence-corrected chi connectivity index (χ1v) is 8.82. The fraction of sp³-hybridized carbons (Fsp3) is 0.211. The molecule has 0 aromatic heterocycles. The molecule has 134 valence electrons. The Kier molecular flexibility index (Phi) is 5.91. The quantitative estimate of drug-likeness (QED) is 0.730. The fourth-order valence-electron chi connectivity index (χ4n) is 2.58. The summed E-state index contributed by atoms with van der Waals surface area (Å²) in [6.07, 6.45) is 0.573. The van der Waals surface area contributed by atoms with Crippen molar-refractivity contribution in [2.45, 2.75) is 12.8 Å². The molecule has 7 heteroatoms. The van der Waals surface area contributed by atoms with Gasteiger partial charge < -0.3 is 4.74 Å². The van der Waals surface area contributed by atoms with Crippen LogP contribution in [0.5, 0.6) is 0 Å². The summed E-state index contributed by atoms with van der Waals surface area (Å²) in [5.74, 6) is -0.936. The van der Waals surface area contributed by atoms with E-state index in [-0.39, 0.29) is 18.9 Å². The maximum Gasteiger partial charge on any atom is 0.310 e. The van der Waals surface area contributed by atoms with Gasteiger partial charge in [0, 0.05) is 22.0 Å². The van der Waals surface area contributed by atoms with Crippen LogP contribution in [-0.4, -0.2) is 35.7 Å². The largest absolute Gasteiger partial charge is 0.455 e. The van der Waals surface area contributed by atoms with Crippen molar-refractivity contribution >= 4 is 40.8 Å². The zero-order valence-corrected chi connectivity index (χ0v) is 15.3. The van der Waals surface area contributed by atoms with Gasteiger partial charge in [0.05, 0.1) is 18.7 Å². The number of rotatable bonds is 5. The third-order valence-corrected chi connectivity index (χ3v) is 4.64. The molecule has 0 fully saturated rings. The van der Waals surface area contributed by atoms with Crippen LogP contribution in [0.4, 0.5) is 0 Å². The van der Waals surface area contributed by atoms with Crippen molar-refractivity contribution < 1.29 is 14.3 Å². The highest BCUT2D eigenvalue weighted by molar-refractivity contribution is 6.36. The summed E-state index contributed by atoms with van der Waals surface area (Å²) in [4.78, 5) is 24.2. The van der Waals surface area contributed by atoms with E-state index in [9.17, 15) is 9.59 Å². The lowest BCUT2D eigenvalue weighted by Crippen LogP contribution is -2.29. The maximum atomic E-state index is 12.2. The smallest absolute Gasteiger partial charge is 0.310 e. The molecule has 0 N–H and O–H groups in total. The molecule has 0 bridgehead atoms. The van der Waals surface area contributed by atoms with Gasteiger partial charge in [-0.05, 0) is 17.7 Å². The molecule has 5 nitrogen and oxygen atoms in total. The van der Waals surface area contributed by atoms with Crippen molar-refractivity contribution in [2.24, 2.45) is 5.10 Å². The Morgan fingerprint density at radius 2 is 1.73 bits per heavy atom. The number of hydrogen-bond donors (Lipinski definition) is 0. The highest BCUT2D eigenvalue weighted by atomic mass is 35.5. The SMILES string of the molecule is O=C(Cc1c(Cl)cccc1Cl)OCC(=O)N1CCC(c2ccccc2)=N1. The van der Waals surface area contributed by atoms with Crippen LogP contribution in [0.15, 0.2) is 53.6 Å². The molecule has 1 aliphatic rings. The van der Waals surface area contributed by atoms with Crippen molar-refractivity contribution in [1.82, 2.24) is 5.01 Å². The maximum absolute atomic E-state index is 12.2. The average Bonchev–Trinajstić information content (AvgIpc) is 3.14. The first kappa shape index (κ1) is 18.4. The van der Waals surface area contributed by atoms with Gasteiger partial charge in [-0.15, -0.1) is 0 Å². The molecule has 0 atom stereocenters. The lowest BCUT2D eigenvalue weighted by atomic mass is 10.1. The Bertz CT molecular complexity index is 833. The lowest BCUT2D eigenvalue weighted by molar-refractivity contribution is -0.151. The van der Waals surface area contributed by atoms with Crippen LogP contribution in [0.2, 0.25) is 10.0 Å². The van der Waals surface area contributed by atoms with E-state index < -0.39 is 5.97 Å². The number of amides is 1. The highest BCUT2D eigenvalue weighted by Crippen LogP contribution is 2.25. The molecule has 2 aromatic carbocycles. The lowest BCUT2D eigenvalue weighted by Gasteiger charge is -2.12. The van der Waals surface area contributed by atoms with Gasteiger partial charge in [0.2, 0.25) is 0 Å². The monoisotopic (exact) mass is 390 g/mol. The van der Waals surface area contributed by atoms with Crippen LogP contribution in [0.1, 0.15) is 17.5 Å². The minimum atomic E-state index is -0.570. The Morgan fingerprint density at radius 3 is 2.42 bits per heavy atom. The van der Waals surface area contributed by atoms with Gasteiger partial charge in [0.15, 0.2) is 6.61 Å². The molecule has 1 aliphatic heterocycles. The summed E-state index contributed by atoms with van der Waals surface area (Å²) in [6, 6.07) is 14.6. The third kappa shape index (κ3) is 4.42. The van der Waals surface area contributed by atoms with E-state index in [0.717, 1.165) is 11.3 Å². The zero-order valence-electron chi connectivity index (χ0n) is 13.8. The molecule has 1 heterocycles. The van der Waals surface area contributed by atoms with Crippen LogP contribution in [-0.2, 0) is 20.7 Å². The van der Waals surface area contributed by atoms with E-state index in [1.54, 1.807) is 18.2 Å². The van der Waals surface area contributed by atoms with Crippen molar-refractivity contribution in [3.63, 3.8) is 0 Å². The molecule has 2 aromatic rings. The first-order chi connectivity index (χ1) is 12.5. The van der Waals surface area contributed by atoms with Gasteiger partial charge in [-0.25, -0.2) is 5.01 Å². The van der Waals surface area contributed by atoms with Gasteiger partial charge >= 0.3 is 5.97 Å². The summed E-state index contributed by atoms with van der Waals surface area (Å²) >= 11 is 12.1. The Labute approximate surface area is 161 Å². The number of esters is 1. The Balaban J connectivity index is 1.54. The van der Waals surface area contributed by atoms with E-state index in [0.29, 0.717) is 28.6 Å². The van der Waals surface area contributed by atoms with Gasteiger partial charge in [-0.2, -0.15) is 5.10 Å². The molecular weight excluding hydrogens is 375 g/mol. The van der Waals surface area contributed by atoms with Crippen molar-refractivity contribution in [3.8, 4) is 0 Å². The number of halogens is 2. The number of carbonyl (C=O) groups is 2. The van der Waals surface area contributed by atoms with Crippen LogP contribution >= 0.6 is 23.2 Å². The molecule has 0 aliphatic carbocycles. The summed E-state index contributed by atoms with van der Waals surface area (Å²) in [7, 11) is 0. The second kappa shape index (κ2) is 8.34. The van der Waals surface area contributed by atoms with E-state index in [1.807, 2.05) is 30.3 Å². The van der Waals surface area contributed by atoms with Crippen LogP contribution in [0.3, 0.4) is 0 Å². The summed E-state index contributed by atoms with van der Waals surface area (Å²) in [5.41, 5.74) is 2.31. The minimum Gasteiger partial charge on any atom is -0.455 e. The molecule has 26 heavy (non-hydrogen) atoms. The summed E-state index contributed by atoms with van der Waals surface area (Å²) in [6.45, 7) is 0.101. The van der Waals surface area contributed by atoms with Crippen LogP contribution in [0.25, 0.3) is 0 Å². The number of carbonyl (C=O) groups excluding carboxylic acids is 2. The predicted molar refractivity (Wildman–Crippen MR) is 100 cm³/mol.